The lowest BCUT2D eigenvalue weighted by Crippen LogP contribution is -2.52. The lowest BCUT2D eigenvalue weighted by atomic mass is 9.80. The third-order valence-corrected chi connectivity index (χ3v) is 8.87. The third-order valence-electron chi connectivity index (χ3n) is 8.13. The van der Waals surface area contributed by atoms with Crippen molar-refractivity contribution in [3.63, 3.8) is 0 Å². The second kappa shape index (κ2) is 11.6. The number of hydrogen-bond donors (Lipinski definition) is 1. The van der Waals surface area contributed by atoms with E-state index < -0.39 is 11.9 Å². The third kappa shape index (κ3) is 6.35. The Labute approximate surface area is 235 Å². The second-order valence-electron chi connectivity index (χ2n) is 10.6. The van der Waals surface area contributed by atoms with E-state index in [0.717, 1.165) is 50.4 Å². The maximum atomic E-state index is 13.2. The number of hydrogen-bond acceptors (Lipinski definition) is 4. The molecule has 5 nitrogen and oxygen atoms in total. The Morgan fingerprint density at radius 1 is 0.949 bits per heavy atom. The van der Waals surface area contributed by atoms with Gasteiger partial charge in [0.2, 0.25) is 0 Å². The number of aliphatic hydroxyl groups excluding tert-OH is 1. The minimum atomic E-state index is -4.51. The summed E-state index contributed by atoms with van der Waals surface area (Å²) in [7, 11) is 0. The highest BCUT2D eigenvalue weighted by Crippen LogP contribution is 2.33. The van der Waals surface area contributed by atoms with Gasteiger partial charge in [-0.2, -0.15) is 13.2 Å². The molecule has 0 spiro atoms. The number of alkyl halides is 3. The Kier molecular flexibility index (Phi) is 8.38. The van der Waals surface area contributed by atoms with Crippen LogP contribution < -0.4 is 0 Å². The molecule has 1 amide bonds. The van der Waals surface area contributed by atoms with Crippen LogP contribution in [0.4, 0.5) is 13.2 Å². The van der Waals surface area contributed by atoms with Crippen LogP contribution in [0.15, 0.2) is 48.5 Å². The zero-order valence-corrected chi connectivity index (χ0v) is 22.8. The van der Waals surface area contributed by atoms with Gasteiger partial charge in [-0.15, -0.1) is 0 Å². The van der Waals surface area contributed by atoms with E-state index in [0.29, 0.717) is 46.0 Å². The smallest absolute Gasteiger partial charge is 0.396 e. The molecule has 0 unspecified atom stereocenters. The van der Waals surface area contributed by atoms with E-state index in [1.807, 2.05) is 23.1 Å². The van der Waals surface area contributed by atoms with Crippen LogP contribution in [0.5, 0.6) is 0 Å². The highest BCUT2D eigenvalue weighted by Gasteiger charge is 2.35. The van der Waals surface area contributed by atoms with Gasteiger partial charge in [-0.3, -0.25) is 9.69 Å². The first-order valence-corrected chi connectivity index (χ1v) is 13.9. The molecule has 2 aliphatic heterocycles. The van der Waals surface area contributed by atoms with E-state index in [1.165, 1.54) is 12.1 Å². The van der Waals surface area contributed by atoms with Crippen molar-refractivity contribution in [3.05, 3.63) is 75.4 Å². The van der Waals surface area contributed by atoms with Gasteiger partial charge < -0.3 is 10.0 Å². The monoisotopic (exact) mass is 579 g/mol. The molecule has 39 heavy (non-hydrogen) atoms. The van der Waals surface area contributed by atoms with E-state index in [9.17, 15) is 23.1 Å². The minimum Gasteiger partial charge on any atom is -0.396 e. The molecule has 3 heterocycles. The fourth-order valence-corrected chi connectivity index (χ4v) is 6.24. The van der Waals surface area contributed by atoms with Crippen LogP contribution in [0.25, 0.3) is 10.9 Å². The van der Waals surface area contributed by atoms with Gasteiger partial charge in [-0.05, 0) is 86.0 Å². The molecule has 2 atom stereocenters. The van der Waals surface area contributed by atoms with Crippen molar-refractivity contribution in [3.8, 4) is 0 Å². The van der Waals surface area contributed by atoms with Crippen LogP contribution >= 0.6 is 23.2 Å². The number of pyridine rings is 1. The van der Waals surface area contributed by atoms with E-state index in [1.54, 1.807) is 12.1 Å². The van der Waals surface area contributed by atoms with Gasteiger partial charge in [0.25, 0.3) is 5.91 Å². The van der Waals surface area contributed by atoms with Crippen molar-refractivity contribution < 1.29 is 23.1 Å². The molecule has 2 aliphatic rings. The van der Waals surface area contributed by atoms with Gasteiger partial charge in [-0.1, -0.05) is 35.3 Å². The van der Waals surface area contributed by atoms with Crippen LogP contribution in [0.2, 0.25) is 10.0 Å². The molecule has 5 rings (SSSR count). The molecule has 2 aromatic carbocycles. The normalized spacial score (nSPS) is 21.4. The SMILES string of the molecule is O=C(c1ccc2nc(C(F)(F)F)ccc2c1)N1CCC(N2CC[C@H](Cc3ccc(Cl)c(Cl)c3)[C@H](CO)C2)CC1. The largest absolute Gasteiger partial charge is 0.433 e. The standard InChI is InChI=1S/C29H30Cl2F3N3O2/c30-24-4-1-18(14-25(24)31)13-19-7-10-37(16-22(19)17-38)23-8-11-36(12-9-23)28(39)21-2-5-26-20(15-21)3-6-27(35-26)29(32,33)34/h1-6,14-15,19,22-23,38H,7-13,16-17H2/t19-,22+/m1/s1. The van der Waals surface area contributed by atoms with Gasteiger partial charge in [0.15, 0.2) is 0 Å². The van der Waals surface area contributed by atoms with Gasteiger partial charge in [0, 0.05) is 43.2 Å². The molecule has 2 fully saturated rings. The number of halogens is 5. The summed E-state index contributed by atoms with van der Waals surface area (Å²) in [5, 5.41) is 11.7. The fourth-order valence-electron chi connectivity index (χ4n) is 5.92. The lowest BCUT2D eigenvalue weighted by Gasteiger charge is -2.44. The molecule has 0 saturated carbocycles. The van der Waals surface area contributed by atoms with Crippen LogP contribution in [-0.4, -0.2) is 64.6 Å². The number of fused-ring (bicyclic) bond motifs is 1. The lowest BCUT2D eigenvalue weighted by molar-refractivity contribution is -0.140. The molecule has 0 aliphatic carbocycles. The van der Waals surface area contributed by atoms with E-state index >= 15 is 0 Å². The molecular formula is C29H30Cl2F3N3O2. The maximum absolute atomic E-state index is 13.2. The van der Waals surface area contributed by atoms with E-state index in [4.69, 9.17) is 23.2 Å². The summed E-state index contributed by atoms with van der Waals surface area (Å²) in [5.74, 6) is 0.403. The van der Waals surface area contributed by atoms with Crippen LogP contribution in [0, 0.1) is 11.8 Å². The molecule has 0 radical (unpaired) electrons. The molecule has 3 aromatic rings. The van der Waals surface area contributed by atoms with Crippen molar-refractivity contribution in [2.75, 3.05) is 32.8 Å². The number of benzene rings is 2. The summed E-state index contributed by atoms with van der Waals surface area (Å²) in [6.07, 6.45) is -1.01. The average Bonchev–Trinajstić information content (AvgIpc) is 2.94. The van der Waals surface area contributed by atoms with Crippen LogP contribution in [-0.2, 0) is 12.6 Å². The first-order chi connectivity index (χ1) is 18.6. The number of rotatable bonds is 5. The molecule has 1 aromatic heterocycles. The Morgan fingerprint density at radius 3 is 2.41 bits per heavy atom. The first kappa shape index (κ1) is 28.1. The Morgan fingerprint density at radius 2 is 1.72 bits per heavy atom. The van der Waals surface area contributed by atoms with Crippen LogP contribution in [0.1, 0.15) is 40.9 Å². The van der Waals surface area contributed by atoms with Crippen molar-refractivity contribution in [1.29, 1.82) is 0 Å². The van der Waals surface area contributed by atoms with Gasteiger partial charge in [0.05, 0.1) is 15.6 Å². The summed E-state index contributed by atoms with van der Waals surface area (Å²) in [5.41, 5.74) is 0.837. The van der Waals surface area contributed by atoms with Gasteiger partial charge in [-0.25, -0.2) is 4.98 Å². The number of carbonyl (C=O) groups is 1. The molecular weight excluding hydrogens is 550 g/mol. The zero-order chi connectivity index (χ0) is 27.7. The summed E-state index contributed by atoms with van der Waals surface area (Å²) in [4.78, 5) is 21.1. The maximum Gasteiger partial charge on any atom is 0.433 e. The Hall–Kier alpha value is -2.39. The van der Waals surface area contributed by atoms with Crippen molar-refractivity contribution in [2.24, 2.45) is 11.8 Å². The van der Waals surface area contributed by atoms with Crippen molar-refractivity contribution >= 4 is 40.0 Å². The van der Waals surface area contributed by atoms with E-state index in [2.05, 4.69) is 9.88 Å². The quantitative estimate of drug-likeness (QED) is 0.383. The number of nitrogens with zero attached hydrogens (tertiary/aromatic N) is 3. The summed E-state index contributed by atoms with van der Waals surface area (Å²) in [6, 6.07) is 13.0. The topological polar surface area (TPSA) is 56.7 Å². The number of piperidine rings is 2. The fraction of sp³-hybridized carbons (Fsp3) is 0.448. The van der Waals surface area contributed by atoms with Gasteiger partial charge in [0.1, 0.15) is 5.69 Å². The molecule has 1 N–H and O–H groups in total. The molecule has 0 bridgehead atoms. The number of amides is 1. The molecule has 208 valence electrons. The second-order valence-corrected chi connectivity index (χ2v) is 11.4. The van der Waals surface area contributed by atoms with Crippen molar-refractivity contribution in [2.45, 2.75) is 37.9 Å². The number of aromatic nitrogens is 1. The van der Waals surface area contributed by atoms with Gasteiger partial charge >= 0.3 is 6.18 Å². The highest BCUT2D eigenvalue weighted by atomic mass is 35.5. The number of likely N-dealkylation sites (tertiary alicyclic amines) is 2. The predicted molar refractivity (Wildman–Crippen MR) is 146 cm³/mol. The van der Waals surface area contributed by atoms with Crippen LogP contribution in [0.3, 0.4) is 0 Å². The summed E-state index contributed by atoms with van der Waals surface area (Å²) >= 11 is 12.2. The Balaban J connectivity index is 1.17. The Bertz CT molecular complexity index is 1350. The predicted octanol–water partition coefficient (Wildman–Crippen LogP) is 6.34. The zero-order valence-electron chi connectivity index (χ0n) is 21.3. The average molecular weight is 580 g/mol. The summed E-state index contributed by atoms with van der Waals surface area (Å²) in [6.45, 7) is 3.11. The number of aliphatic hydroxyl groups is 1. The summed E-state index contributed by atoms with van der Waals surface area (Å²) < 4.78 is 38.9. The van der Waals surface area contributed by atoms with E-state index in [-0.39, 0.29) is 23.9 Å². The first-order valence-electron chi connectivity index (χ1n) is 13.2. The van der Waals surface area contributed by atoms with Crippen molar-refractivity contribution in [1.82, 2.24) is 14.8 Å². The molecule has 2 saturated heterocycles. The highest BCUT2D eigenvalue weighted by molar-refractivity contribution is 6.42. The number of carbonyl (C=O) groups excluding carboxylic acids is 1. The molecule has 10 heteroatoms. The minimum absolute atomic E-state index is 0.121.